The number of benzene rings is 3. The topological polar surface area (TPSA) is 32.3 Å². The minimum atomic E-state index is 0.0573. The Balaban J connectivity index is 1.13. The van der Waals surface area contributed by atoms with Gasteiger partial charge in [0.15, 0.2) is 0 Å². The van der Waals surface area contributed by atoms with Gasteiger partial charge >= 0.3 is 0 Å². The summed E-state index contributed by atoms with van der Waals surface area (Å²) in [4.78, 5) is 15.1. The van der Waals surface area contributed by atoms with Crippen molar-refractivity contribution in [3.63, 3.8) is 0 Å². The summed E-state index contributed by atoms with van der Waals surface area (Å²) in [5.41, 5.74) is 6.96. The molecule has 3 nitrogen and oxygen atoms in total. The molecule has 162 valence electrons. The first-order valence-corrected chi connectivity index (χ1v) is 12.0. The number of carbonyl (C=O) groups is 1. The normalized spacial score (nSPS) is 24.6. The summed E-state index contributed by atoms with van der Waals surface area (Å²) in [7, 11) is 0. The van der Waals surface area contributed by atoms with Gasteiger partial charge < -0.3 is 10.2 Å². The molecule has 0 aromatic heterocycles. The highest BCUT2D eigenvalue weighted by Crippen LogP contribution is 2.55. The van der Waals surface area contributed by atoms with Gasteiger partial charge in [0.05, 0.1) is 0 Å². The van der Waals surface area contributed by atoms with E-state index in [1.165, 1.54) is 6.42 Å². The van der Waals surface area contributed by atoms with E-state index in [4.69, 9.17) is 0 Å². The van der Waals surface area contributed by atoms with Gasteiger partial charge in [-0.25, -0.2) is 0 Å². The molecule has 3 aliphatic carbocycles. The van der Waals surface area contributed by atoms with Crippen LogP contribution in [0.4, 0.5) is 0 Å². The molecule has 1 aliphatic heterocycles. The third-order valence-corrected chi connectivity index (χ3v) is 7.87. The first-order chi connectivity index (χ1) is 15.8. The fraction of sp³-hybridized carbons (Fsp3) is 0.345. The fourth-order valence-electron chi connectivity index (χ4n) is 6.39. The maximum Gasteiger partial charge on any atom is 0.251 e. The molecule has 32 heavy (non-hydrogen) atoms. The molecule has 7 rings (SSSR count). The van der Waals surface area contributed by atoms with Crippen molar-refractivity contribution >= 4 is 5.91 Å². The van der Waals surface area contributed by atoms with Gasteiger partial charge in [0, 0.05) is 43.1 Å². The quantitative estimate of drug-likeness (QED) is 0.628. The molecule has 0 spiro atoms. The van der Waals surface area contributed by atoms with Crippen molar-refractivity contribution < 1.29 is 4.79 Å². The van der Waals surface area contributed by atoms with Crippen LogP contribution in [-0.2, 0) is 0 Å². The van der Waals surface area contributed by atoms with E-state index in [-0.39, 0.29) is 11.9 Å². The van der Waals surface area contributed by atoms with Crippen LogP contribution in [0.5, 0.6) is 0 Å². The summed E-state index contributed by atoms with van der Waals surface area (Å²) in [6.07, 6.45) is 3.32. The van der Waals surface area contributed by atoms with Crippen LogP contribution >= 0.6 is 0 Å². The number of nitrogens with one attached hydrogen (secondary N) is 1. The number of piperidine rings is 1. The third-order valence-electron chi connectivity index (χ3n) is 7.87. The van der Waals surface area contributed by atoms with E-state index in [0.717, 1.165) is 38.0 Å². The van der Waals surface area contributed by atoms with Gasteiger partial charge in [-0.15, -0.1) is 0 Å². The number of hydrogen-bond acceptors (Lipinski definition) is 2. The molecule has 0 saturated carbocycles. The Morgan fingerprint density at radius 3 is 1.97 bits per heavy atom. The Labute approximate surface area is 190 Å². The number of carbonyl (C=O) groups excluding carboxylic acids is 1. The maximum absolute atomic E-state index is 12.5. The van der Waals surface area contributed by atoms with Crippen LogP contribution in [0.25, 0.3) is 0 Å². The van der Waals surface area contributed by atoms with Gasteiger partial charge in [0.25, 0.3) is 5.91 Å². The van der Waals surface area contributed by atoms with Crippen LogP contribution in [0.3, 0.4) is 0 Å². The lowest BCUT2D eigenvalue weighted by Crippen LogP contribution is -2.47. The van der Waals surface area contributed by atoms with Crippen molar-refractivity contribution in [1.29, 1.82) is 0 Å². The van der Waals surface area contributed by atoms with Crippen LogP contribution in [0.2, 0.25) is 0 Å². The van der Waals surface area contributed by atoms with Crippen LogP contribution in [0.15, 0.2) is 78.9 Å². The Hall–Kier alpha value is -2.91. The number of hydrogen-bond donors (Lipinski definition) is 1. The van der Waals surface area contributed by atoms with E-state index in [9.17, 15) is 4.79 Å². The van der Waals surface area contributed by atoms with Gasteiger partial charge in [-0.1, -0.05) is 66.7 Å². The Kier molecular flexibility index (Phi) is 5.07. The molecule has 0 radical (unpaired) electrons. The molecule has 2 bridgehead atoms. The first-order valence-electron chi connectivity index (χ1n) is 12.0. The summed E-state index contributed by atoms with van der Waals surface area (Å²) in [6, 6.07) is 28.1. The largest absolute Gasteiger partial charge is 0.349 e. The molecule has 4 aliphatic rings. The van der Waals surface area contributed by atoms with Gasteiger partial charge in [0.2, 0.25) is 0 Å². The van der Waals surface area contributed by atoms with Crippen molar-refractivity contribution in [2.24, 2.45) is 5.92 Å². The lowest BCUT2D eigenvalue weighted by molar-refractivity contribution is 0.0900. The van der Waals surface area contributed by atoms with Crippen LogP contribution < -0.4 is 5.32 Å². The maximum atomic E-state index is 12.5. The van der Waals surface area contributed by atoms with Crippen LogP contribution in [0, 0.1) is 5.92 Å². The predicted molar refractivity (Wildman–Crippen MR) is 128 cm³/mol. The molecule has 1 N–H and O–H groups in total. The van der Waals surface area contributed by atoms with Crippen molar-refractivity contribution in [2.75, 3.05) is 19.6 Å². The van der Waals surface area contributed by atoms with Gasteiger partial charge in [-0.3, -0.25) is 4.79 Å². The van der Waals surface area contributed by atoms with Crippen LogP contribution in [-0.4, -0.2) is 36.5 Å². The summed E-state index contributed by atoms with van der Waals surface area (Å²) < 4.78 is 0. The number of fused-ring (bicyclic) bond motifs is 1. The van der Waals surface area contributed by atoms with E-state index >= 15 is 0 Å². The highest BCUT2D eigenvalue weighted by atomic mass is 16.1. The van der Waals surface area contributed by atoms with Crippen molar-refractivity contribution in [3.05, 3.63) is 107 Å². The zero-order valence-corrected chi connectivity index (χ0v) is 18.4. The average molecular weight is 423 g/mol. The number of amides is 1. The zero-order valence-electron chi connectivity index (χ0n) is 18.4. The minimum Gasteiger partial charge on any atom is -0.349 e. The fourth-order valence-corrected chi connectivity index (χ4v) is 6.39. The second kappa shape index (κ2) is 8.22. The molecule has 1 fully saturated rings. The zero-order chi connectivity index (χ0) is 21.5. The van der Waals surface area contributed by atoms with E-state index in [1.807, 2.05) is 30.3 Å². The minimum absolute atomic E-state index is 0.0573. The lowest BCUT2D eigenvalue weighted by atomic mass is 9.59. The van der Waals surface area contributed by atoms with Crippen LogP contribution in [0.1, 0.15) is 63.7 Å². The molecule has 1 unspecified atom stereocenters. The van der Waals surface area contributed by atoms with Gasteiger partial charge in [-0.05, 0) is 59.6 Å². The number of likely N-dealkylation sites (tertiary alicyclic amines) is 1. The number of nitrogens with zero attached hydrogens (tertiary/aromatic N) is 1. The summed E-state index contributed by atoms with van der Waals surface area (Å²) in [5, 5.41) is 3.25. The standard InChI is InChI=1S/C29H30N2O/c32-29(20-8-2-1-3-9-20)30-22-14-16-31(17-15-22)19-21-18-27-23-10-4-6-12-25(23)28(21)26-13-7-5-11-24(26)27/h1-13,21-22,27-28H,14-19H2,(H,30,32). The summed E-state index contributed by atoms with van der Waals surface area (Å²) in [6.45, 7) is 3.29. The first kappa shape index (κ1) is 19.8. The predicted octanol–water partition coefficient (Wildman–Crippen LogP) is 5.18. The van der Waals surface area contributed by atoms with E-state index in [2.05, 4.69) is 58.7 Å². The Morgan fingerprint density at radius 1 is 0.781 bits per heavy atom. The molecule has 1 saturated heterocycles. The third kappa shape index (κ3) is 3.45. The molecule has 3 aromatic carbocycles. The highest BCUT2D eigenvalue weighted by molar-refractivity contribution is 5.94. The summed E-state index contributed by atoms with van der Waals surface area (Å²) in [5.74, 6) is 1.78. The molecular weight excluding hydrogens is 392 g/mol. The lowest BCUT2D eigenvalue weighted by Gasteiger charge is -2.47. The Morgan fingerprint density at radius 2 is 1.34 bits per heavy atom. The van der Waals surface area contributed by atoms with Gasteiger partial charge in [-0.2, -0.15) is 0 Å². The van der Waals surface area contributed by atoms with Crippen molar-refractivity contribution in [1.82, 2.24) is 10.2 Å². The molecule has 1 heterocycles. The Bertz CT molecular complexity index is 1070. The van der Waals surface area contributed by atoms with E-state index in [1.54, 1.807) is 22.3 Å². The van der Waals surface area contributed by atoms with E-state index in [0.29, 0.717) is 17.8 Å². The number of rotatable bonds is 4. The molecule has 1 atom stereocenters. The highest BCUT2D eigenvalue weighted by Gasteiger charge is 2.43. The molecule has 3 heteroatoms. The smallest absolute Gasteiger partial charge is 0.251 e. The van der Waals surface area contributed by atoms with Crippen molar-refractivity contribution in [2.45, 2.75) is 37.1 Å². The molecular formula is C29H30N2O. The van der Waals surface area contributed by atoms with Crippen molar-refractivity contribution in [3.8, 4) is 0 Å². The second-order valence-corrected chi connectivity index (χ2v) is 9.70. The second-order valence-electron chi connectivity index (χ2n) is 9.70. The van der Waals surface area contributed by atoms with Gasteiger partial charge in [0.1, 0.15) is 0 Å². The SMILES string of the molecule is O=C(NC1CCN(CC2CC3c4ccccc4C2c2ccccc23)CC1)c1ccccc1. The molecule has 3 aromatic rings. The average Bonchev–Trinajstić information content (AvgIpc) is 2.86. The molecule has 1 amide bonds. The monoisotopic (exact) mass is 422 g/mol. The summed E-state index contributed by atoms with van der Waals surface area (Å²) >= 11 is 0. The van der Waals surface area contributed by atoms with E-state index < -0.39 is 0 Å².